The molecule has 20 heavy (non-hydrogen) atoms. The summed E-state index contributed by atoms with van der Waals surface area (Å²) in [6.45, 7) is 0.942. The summed E-state index contributed by atoms with van der Waals surface area (Å²) in [4.78, 5) is 10.8. The van der Waals surface area contributed by atoms with E-state index in [1.165, 1.54) is 12.1 Å². The van der Waals surface area contributed by atoms with Gasteiger partial charge in [0.2, 0.25) is 0 Å². The molecule has 0 bridgehead atoms. The normalized spacial score (nSPS) is 13.8. The molecule has 7 nitrogen and oxygen atoms in total. The molecule has 2 N–H and O–H groups in total. The minimum absolute atomic E-state index is 0.0951. The van der Waals surface area contributed by atoms with E-state index in [2.05, 4.69) is 5.16 Å². The zero-order valence-electron chi connectivity index (χ0n) is 10.3. The number of hydrogen-bond donors (Lipinski definition) is 2. The van der Waals surface area contributed by atoms with Gasteiger partial charge in [0.15, 0.2) is 23.0 Å². The average molecular weight is 277 g/mol. The van der Waals surface area contributed by atoms with Gasteiger partial charge < -0.3 is 24.2 Å². The van der Waals surface area contributed by atoms with Crippen molar-refractivity contribution in [3.63, 3.8) is 0 Å². The van der Waals surface area contributed by atoms with Crippen molar-refractivity contribution in [2.75, 3.05) is 13.2 Å². The van der Waals surface area contributed by atoms with Crippen LogP contribution < -0.4 is 9.47 Å². The first kappa shape index (κ1) is 12.3. The van der Waals surface area contributed by atoms with Gasteiger partial charge in [-0.2, -0.15) is 0 Å². The molecule has 7 heteroatoms. The highest BCUT2D eigenvalue weighted by Crippen LogP contribution is 2.45. The summed E-state index contributed by atoms with van der Waals surface area (Å²) in [6, 6.07) is 4.26. The van der Waals surface area contributed by atoms with E-state index < -0.39 is 5.97 Å². The number of phenols is 1. The Bertz CT molecular complexity index is 663. The molecule has 1 aromatic heterocycles. The van der Waals surface area contributed by atoms with Crippen LogP contribution in [0.4, 0.5) is 0 Å². The van der Waals surface area contributed by atoms with E-state index in [4.69, 9.17) is 19.1 Å². The molecule has 104 valence electrons. The molecule has 3 rings (SSSR count). The van der Waals surface area contributed by atoms with E-state index in [9.17, 15) is 9.90 Å². The van der Waals surface area contributed by atoms with Crippen LogP contribution in [0.25, 0.3) is 11.3 Å². The summed E-state index contributed by atoms with van der Waals surface area (Å²) in [6.07, 6.45) is 0.714. The molecule has 2 heterocycles. The number of aromatic carboxylic acids is 1. The fraction of sp³-hybridized carbons (Fsp3) is 0.231. The minimum atomic E-state index is -1.21. The zero-order chi connectivity index (χ0) is 14.1. The van der Waals surface area contributed by atoms with E-state index in [0.29, 0.717) is 31.1 Å². The third-order valence-corrected chi connectivity index (χ3v) is 2.87. The van der Waals surface area contributed by atoms with Crippen LogP contribution in [0.1, 0.15) is 16.9 Å². The molecular weight excluding hydrogens is 266 g/mol. The van der Waals surface area contributed by atoms with Crippen molar-refractivity contribution in [2.24, 2.45) is 0 Å². The van der Waals surface area contributed by atoms with Crippen LogP contribution in [-0.4, -0.2) is 34.6 Å². The topological polar surface area (TPSA) is 102 Å². The van der Waals surface area contributed by atoms with Gasteiger partial charge in [0.05, 0.1) is 13.2 Å². The smallest absolute Gasteiger partial charge is 0.358 e. The van der Waals surface area contributed by atoms with Crippen molar-refractivity contribution in [2.45, 2.75) is 6.42 Å². The molecule has 2 aromatic rings. The molecule has 0 atom stereocenters. The number of phenolic OH excluding ortho intramolecular Hbond substituents is 1. The van der Waals surface area contributed by atoms with E-state index in [0.717, 1.165) is 0 Å². The Hall–Kier alpha value is -2.70. The highest BCUT2D eigenvalue weighted by atomic mass is 16.5. The van der Waals surface area contributed by atoms with Crippen molar-refractivity contribution in [1.82, 2.24) is 5.16 Å². The number of benzene rings is 1. The lowest BCUT2D eigenvalue weighted by atomic mass is 10.1. The van der Waals surface area contributed by atoms with Crippen molar-refractivity contribution < 1.29 is 29.0 Å². The Balaban J connectivity index is 2.14. The van der Waals surface area contributed by atoms with Crippen LogP contribution in [-0.2, 0) is 0 Å². The van der Waals surface area contributed by atoms with E-state index in [1.807, 2.05) is 0 Å². The third kappa shape index (κ3) is 2.03. The van der Waals surface area contributed by atoms with Gasteiger partial charge in [-0.3, -0.25) is 0 Å². The number of aromatic nitrogens is 1. The van der Waals surface area contributed by atoms with Crippen molar-refractivity contribution in [1.29, 1.82) is 0 Å². The second-order valence-electron chi connectivity index (χ2n) is 4.22. The van der Waals surface area contributed by atoms with Gasteiger partial charge >= 0.3 is 5.97 Å². The van der Waals surface area contributed by atoms with Gasteiger partial charge in [0.1, 0.15) is 11.3 Å². The fourth-order valence-corrected chi connectivity index (χ4v) is 1.96. The Morgan fingerprint density at radius 2 is 2.05 bits per heavy atom. The van der Waals surface area contributed by atoms with Crippen LogP contribution >= 0.6 is 0 Å². The van der Waals surface area contributed by atoms with Crippen LogP contribution in [0.5, 0.6) is 17.2 Å². The molecule has 1 aromatic carbocycles. The maximum absolute atomic E-state index is 10.8. The molecule has 0 fully saturated rings. The number of hydrogen-bond acceptors (Lipinski definition) is 6. The first-order chi connectivity index (χ1) is 9.66. The lowest BCUT2D eigenvalue weighted by molar-refractivity contribution is 0.0686. The Kier molecular flexibility index (Phi) is 2.94. The SMILES string of the molecule is O=C(O)c1cc(-c2c(O)ccc3c2OCCCO3)on1. The Labute approximate surface area is 113 Å². The maximum atomic E-state index is 10.8. The second kappa shape index (κ2) is 4.76. The summed E-state index contributed by atoms with van der Waals surface area (Å²) in [5, 5.41) is 22.3. The number of nitrogens with zero attached hydrogens (tertiary/aromatic N) is 1. The second-order valence-corrected chi connectivity index (χ2v) is 4.22. The van der Waals surface area contributed by atoms with E-state index in [1.54, 1.807) is 6.07 Å². The fourth-order valence-electron chi connectivity index (χ4n) is 1.96. The summed E-state index contributed by atoms with van der Waals surface area (Å²) in [5.74, 6) is -0.387. The number of aromatic hydroxyl groups is 1. The van der Waals surface area contributed by atoms with Crippen LogP contribution in [0.3, 0.4) is 0 Å². The lowest BCUT2D eigenvalue weighted by Gasteiger charge is -2.11. The molecule has 0 spiro atoms. The largest absolute Gasteiger partial charge is 0.507 e. The Morgan fingerprint density at radius 1 is 1.25 bits per heavy atom. The number of carboxylic acids is 1. The zero-order valence-corrected chi connectivity index (χ0v) is 10.3. The van der Waals surface area contributed by atoms with Gasteiger partial charge in [-0.05, 0) is 12.1 Å². The molecule has 0 unspecified atom stereocenters. The highest BCUT2D eigenvalue weighted by molar-refractivity contribution is 5.87. The molecular formula is C13H11NO6. The van der Waals surface area contributed by atoms with E-state index >= 15 is 0 Å². The lowest BCUT2D eigenvalue weighted by Crippen LogP contribution is -1.98. The standard InChI is InChI=1S/C13H11NO6/c15-8-2-3-9-12(19-5-1-4-18-9)11(8)10-6-7(13(16)17)14-20-10/h2-3,6,15H,1,4-5H2,(H,16,17). The monoisotopic (exact) mass is 277 g/mol. The molecule has 0 amide bonds. The number of fused-ring (bicyclic) bond motifs is 1. The van der Waals surface area contributed by atoms with E-state index in [-0.39, 0.29) is 22.8 Å². The first-order valence-corrected chi connectivity index (χ1v) is 5.99. The quantitative estimate of drug-likeness (QED) is 0.864. The van der Waals surface area contributed by atoms with Crippen molar-refractivity contribution in [3.05, 3.63) is 23.9 Å². The van der Waals surface area contributed by atoms with Crippen LogP contribution in [0.2, 0.25) is 0 Å². The number of ether oxygens (including phenoxy) is 2. The van der Waals surface area contributed by atoms with Gasteiger partial charge in [-0.15, -0.1) is 0 Å². The number of carboxylic acid groups (broad SMARTS) is 1. The average Bonchev–Trinajstić information content (AvgIpc) is 2.78. The van der Waals surface area contributed by atoms with Crippen LogP contribution in [0, 0.1) is 0 Å². The molecule has 0 radical (unpaired) electrons. The summed E-state index contributed by atoms with van der Waals surface area (Å²) < 4.78 is 16.0. The van der Waals surface area contributed by atoms with Crippen LogP contribution in [0.15, 0.2) is 22.7 Å². The molecule has 0 aliphatic carbocycles. The Morgan fingerprint density at radius 3 is 2.80 bits per heavy atom. The minimum Gasteiger partial charge on any atom is -0.507 e. The van der Waals surface area contributed by atoms with Crippen molar-refractivity contribution >= 4 is 5.97 Å². The highest BCUT2D eigenvalue weighted by Gasteiger charge is 2.24. The molecule has 1 aliphatic rings. The summed E-state index contributed by atoms with van der Waals surface area (Å²) in [5.41, 5.74) is -0.00376. The number of carbonyl (C=O) groups is 1. The van der Waals surface area contributed by atoms with Gasteiger partial charge in [0, 0.05) is 12.5 Å². The predicted molar refractivity (Wildman–Crippen MR) is 66.2 cm³/mol. The van der Waals surface area contributed by atoms with Gasteiger partial charge in [-0.1, -0.05) is 5.16 Å². The maximum Gasteiger partial charge on any atom is 0.358 e. The van der Waals surface area contributed by atoms with Crippen molar-refractivity contribution in [3.8, 4) is 28.6 Å². The molecule has 0 saturated carbocycles. The summed E-state index contributed by atoms with van der Waals surface area (Å²) >= 11 is 0. The van der Waals surface area contributed by atoms with Gasteiger partial charge in [-0.25, -0.2) is 4.79 Å². The summed E-state index contributed by atoms with van der Waals surface area (Å²) in [7, 11) is 0. The third-order valence-electron chi connectivity index (χ3n) is 2.87. The molecule has 0 saturated heterocycles. The van der Waals surface area contributed by atoms with Gasteiger partial charge in [0.25, 0.3) is 0 Å². The number of rotatable bonds is 2. The molecule has 1 aliphatic heterocycles. The first-order valence-electron chi connectivity index (χ1n) is 5.99. The predicted octanol–water partition coefficient (Wildman–Crippen LogP) is 1.91.